The van der Waals surface area contributed by atoms with Crippen LogP contribution in [0.25, 0.3) is 33.3 Å². The molecule has 216 valence electrons. The monoisotopic (exact) mass is 569 g/mol. The van der Waals surface area contributed by atoms with Crippen molar-refractivity contribution in [2.24, 2.45) is 0 Å². The van der Waals surface area contributed by atoms with Crippen molar-refractivity contribution >= 4 is 39.7 Å². The molecule has 0 bridgehead atoms. The summed E-state index contributed by atoms with van der Waals surface area (Å²) in [6.45, 7) is 4.64. The van der Waals surface area contributed by atoms with Crippen LogP contribution in [-0.4, -0.2) is 83.3 Å². The normalized spacial score (nSPS) is 17.5. The van der Waals surface area contributed by atoms with E-state index in [4.69, 9.17) is 28.6 Å². The molecule has 1 amide bonds. The lowest BCUT2D eigenvalue weighted by Gasteiger charge is -2.36. The molecule has 2 aliphatic rings. The fourth-order valence-electron chi connectivity index (χ4n) is 5.46. The maximum Gasteiger partial charge on any atom is 0.251 e. The molecule has 2 saturated heterocycles. The number of carbonyl (C=O) groups excluding carboxylic acids is 1. The third kappa shape index (κ3) is 4.99. The molecule has 0 saturated carbocycles. The average Bonchev–Trinajstić information content (AvgIpc) is 3.71. The number of likely N-dealkylation sites (tertiary alicyclic amines) is 1. The lowest BCUT2D eigenvalue weighted by molar-refractivity contribution is 0.0857. The molecule has 3 N–H and O–H groups in total. The Morgan fingerprint density at radius 1 is 1.14 bits per heavy atom. The average molecular weight is 570 g/mol. The second-order valence-electron chi connectivity index (χ2n) is 10.7. The fraction of sp³-hybridized carbons (Fsp3) is 0.333. The minimum absolute atomic E-state index is 0.124. The number of aryl methyl sites for hydroxylation is 1. The van der Waals surface area contributed by atoms with Crippen molar-refractivity contribution in [2.45, 2.75) is 25.5 Å². The van der Waals surface area contributed by atoms with Crippen molar-refractivity contribution in [1.82, 2.24) is 30.2 Å². The van der Waals surface area contributed by atoms with Gasteiger partial charge >= 0.3 is 0 Å². The van der Waals surface area contributed by atoms with Crippen LogP contribution in [0.3, 0.4) is 0 Å². The number of carbonyl (C=O) groups is 1. The van der Waals surface area contributed by atoms with Gasteiger partial charge in [-0.2, -0.15) is 9.97 Å². The zero-order valence-electron chi connectivity index (χ0n) is 23.6. The number of H-pyrrole nitrogens is 1. The van der Waals surface area contributed by atoms with Crippen LogP contribution in [0.2, 0.25) is 0 Å². The molecule has 42 heavy (non-hydrogen) atoms. The number of methoxy groups -OCH3 is 1. The summed E-state index contributed by atoms with van der Waals surface area (Å²) in [6.07, 6.45) is 2.53. The highest BCUT2D eigenvalue weighted by atomic mass is 16.5. The van der Waals surface area contributed by atoms with Gasteiger partial charge in [0.1, 0.15) is 23.0 Å². The van der Waals surface area contributed by atoms with E-state index in [0.717, 1.165) is 41.5 Å². The first-order valence-electron chi connectivity index (χ1n) is 13.9. The molecular weight excluding hydrogens is 538 g/mol. The predicted octanol–water partition coefficient (Wildman–Crippen LogP) is 4.04. The molecule has 1 atom stereocenters. The molecule has 1 unspecified atom stereocenters. The molecule has 0 spiro atoms. The molecule has 5 aromatic rings. The Bertz CT molecular complexity index is 1790. The Morgan fingerprint density at radius 2 is 2.02 bits per heavy atom. The van der Waals surface area contributed by atoms with Crippen LogP contribution >= 0.6 is 0 Å². The number of aromatic amines is 1. The van der Waals surface area contributed by atoms with Crippen LogP contribution in [0.4, 0.5) is 11.6 Å². The molecule has 7 rings (SSSR count). The summed E-state index contributed by atoms with van der Waals surface area (Å²) >= 11 is 0. The van der Waals surface area contributed by atoms with E-state index in [0.29, 0.717) is 59.2 Å². The first-order valence-corrected chi connectivity index (χ1v) is 13.9. The molecule has 2 aromatic carbocycles. The number of fused-ring (bicyclic) bond motifs is 2. The van der Waals surface area contributed by atoms with Gasteiger partial charge in [-0.05, 0) is 42.9 Å². The van der Waals surface area contributed by atoms with Crippen molar-refractivity contribution < 1.29 is 23.4 Å². The van der Waals surface area contributed by atoms with Crippen LogP contribution in [0.1, 0.15) is 22.7 Å². The van der Waals surface area contributed by atoms with Gasteiger partial charge in [-0.3, -0.25) is 4.79 Å². The summed E-state index contributed by atoms with van der Waals surface area (Å²) in [5.41, 5.74) is 5.04. The SMILES string of the molecule is COc1cc(C(=O)NC2CN(C)C2)ccc1Nc1nc(OC2CCOC2)c2c(-c3ccc4nc(C)oc4c3)c[nH]c2n1. The van der Waals surface area contributed by atoms with Crippen molar-refractivity contribution in [3.63, 3.8) is 0 Å². The molecular formula is C30H31N7O5. The highest BCUT2D eigenvalue weighted by Crippen LogP contribution is 2.37. The zero-order valence-corrected chi connectivity index (χ0v) is 23.6. The molecule has 2 aliphatic heterocycles. The third-order valence-corrected chi connectivity index (χ3v) is 7.58. The molecule has 5 heterocycles. The number of nitrogens with zero attached hydrogens (tertiary/aromatic N) is 4. The van der Waals surface area contributed by atoms with Crippen LogP contribution < -0.4 is 20.1 Å². The number of benzene rings is 2. The van der Waals surface area contributed by atoms with Crippen LogP contribution in [0.5, 0.6) is 11.6 Å². The van der Waals surface area contributed by atoms with Gasteiger partial charge in [0.15, 0.2) is 11.5 Å². The largest absolute Gasteiger partial charge is 0.495 e. The standard InChI is InChI=1S/C30H31N7O5/c1-16-32-23-6-4-17(10-25(23)41-16)21-12-31-27-26(21)29(42-20-8-9-40-15-20)36-30(35-27)34-22-7-5-18(11-24(22)39-3)28(38)33-19-13-37(2)14-19/h4-7,10-12,19-20H,8-9,13-15H2,1-3H3,(H,33,38)(H2,31,34,35,36). The van der Waals surface area contributed by atoms with Gasteiger partial charge in [0.25, 0.3) is 5.91 Å². The summed E-state index contributed by atoms with van der Waals surface area (Å²) < 4.78 is 23.3. The Labute approximate surface area is 241 Å². The van der Waals surface area contributed by atoms with Crippen molar-refractivity contribution in [3.8, 4) is 22.8 Å². The van der Waals surface area contributed by atoms with Crippen LogP contribution in [0.15, 0.2) is 47.0 Å². The van der Waals surface area contributed by atoms with E-state index in [-0.39, 0.29) is 18.1 Å². The molecule has 0 radical (unpaired) electrons. The van der Waals surface area contributed by atoms with E-state index < -0.39 is 0 Å². The third-order valence-electron chi connectivity index (χ3n) is 7.58. The van der Waals surface area contributed by atoms with Crippen molar-refractivity contribution in [1.29, 1.82) is 0 Å². The number of amides is 1. The Hall–Kier alpha value is -4.68. The smallest absolute Gasteiger partial charge is 0.251 e. The van der Waals surface area contributed by atoms with Gasteiger partial charge in [-0.25, -0.2) is 4.98 Å². The Kier molecular flexibility index (Phi) is 6.63. The number of hydrogen-bond acceptors (Lipinski definition) is 10. The number of nitrogens with one attached hydrogen (secondary N) is 3. The number of rotatable bonds is 8. The van der Waals surface area contributed by atoms with E-state index >= 15 is 0 Å². The van der Waals surface area contributed by atoms with Gasteiger partial charge in [-0.15, -0.1) is 0 Å². The maximum absolute atomic E-state index is 12.8. The fourth-order valence-corrected chi connectivity index (χ4v) is 5.46. The topological polar surface area (TPSA) is 140 Å². The van der Waals surface area contributed by atoms with E-state index in [9.17, 15) is 4.79 Å². The van der Waals surface area contributed by atoms with E-state index in [1.54, 1.807) is 25.3 Å². The van der Waals surface area contributed by atoms with Crippen LogP contribution in [-0.2, 0) is 4.74 Å². The number of ether oxygens (including phenoxy) is 3. The van der Waals surface area contributed by atoms with E-state index in [2.05, 4.69) is 25.5 Å². The van der Waals surface area contributed by atoms with E-state index in [1.165, 1.54) is 0 Å². The molecule has 0 aliphatic carbocycles. The van der Waals surface area contributed by atoms with Gasteiger partial charge in [0.2, 0.25) is 11.8 Å². The second-order valence-corrected chi connectivity index (χ2v) is 10.7. The lowest BCUT2D eigenvalue weighted by atomic mass is 10.1. The van der Waals surface area contributed by atoms with Gasteiger partial charge in [-0.1, -0.05) is 6.07 Å². The number of likely N-dealkylation sites (N-methyl/N-ethyl adjacent to an activating group) is 1. The van der Waals surface area contributed by atoms with Crippen LogP contribution in [0, 0.1) is 6.92 Å². The minimum Gasteiger partial charge on any atom is -0.495 e. The zero-order chi connectivity index (χ0) is 28.8. The Balaban J connectivity index is 1.22. The number of aromatic nitrogens is 4. The first kappa shape index (κ1) is 26.2. The number of oxazole rings is 1. The van der Waals surface area contributed by atoms with Gasteiger partial charge in [0, 0.05) is 43.8 Å². The van der Waals surface area contributed by atoms with Gasteiger partial charge in [0.05, 0.1) is 37.4 Å². The number of hydrogen-bond donors (Lipinski definition) is 3. The molecule has 3 aromatic heterocycles. The minimum atomic E-state index is -0.136. The summed E-state index contributed by atoms with van der Waals surface area (Å²) in [5.74, 6) is 1.72. The summed E-state index contributed by atoms with van der Waals surface area (Å²) in [4.78, 5) is 32.1. The number of anilines is 2. The molecule has 12 heteroatoms. The van der Waals surface area contributed by atoms with E-state index in [1.807, 2.05) is 38.4 Å². The maximum atomic E-state index is 12.8. The summed E-state index contributed by atoms with van der Waals surface area (Å²) in [6, 6.07) is 11.3. The summed E-state index contributed by atoms with van der Waals surface area (Å²) in [5, 5.41) is 7.06. The quantitative estimate of drug-likeness (QED) is 0.251. The predicted molar refractivity (Wildman–Crippen MR) is 157 cm³/mol. The van der Waals surface area contributed by atoms with Gasteiger partial charge < -0.3 is 39.1 Å². The molecule has 12 nitrogen and oxygen atoms in total. The first-order chi connectivity index (χ1) is 20.4. The van der Waals surface area contributed by atoms with Crippen molar-refractivity contribution in [2.75, 3.05) is 45.8 Å². The lowest BCUT2D eigenvalue weighted by Crippen LogP contribution is -2.57. The Morgan fingerprint density at radius 3 is 2.81 bits per heavy atom. The molecule has 2 fully saturated rings. The highest BCUT2D eigenvalue weighted by molar-refractivity contribution is 5.99. The second kappa shape index (κ2) is 10.6. The highest BCUT2D eigenvalue weighted by Gasteiger charge is 2.26. The summed E-state index contributed by atoms with van der Waals surface area (Å²) in [7, 11) is 3.58. The van der Waals surface area contributed by atoms with Crippen molar-refractivity contribution in [3.05, 3.63) is 54.0 Å².